The number of amides is 1. The number of carbonyl (C=O) groups is 1. The number of hydrogen-bond acceptors (Lipinski definition) is 2. The number of aryl methyl sites for hydroxylation is 1. The predicted molar refractivity (Wildman–Crippen MR) is 57.0 cm³/mol. The molecule has 1 amide bonds. The van der Waals surface area contributed by atoms with Gasteiger partial charge in [-0.25, -0.2) is 0 Å². The standard InChI is InChI=1S/C11H12F3NO2/c1-3-17-9-6-7(2)4-5-8(9)15-10(16)11(12,13)14/h4-6H,3H2,1-2H3,(H,15,16). The number of halogens is 3. The Hall–Kier alpha value is -1.72. The third kappa shape index (κ3) is 3.65. The molecule has 0 saturated carbocycles. The Morgan fingerprint density at radius 1 is 1.41 bits per heavy atom. The molecule has 0 aliphatic heterocycles. The normalized spacial score (nSPS) is 11.1. The van der Waals surface area contributed by atoms with E-state index in [2.05, 4.69) is 0 Å². The molecule has 0 bridgehead atoms. The van der Waals surface area contributed by atoms with E-state index in [1.54, 1.807) is 31.3 Å². The van der Waals surface area contributed by atoms with Crippen LogP contribution in [0.5, 0.6) is 5.75 Å². The Balaban J connectivity index is 2.94. The van der Waals surface area contributed by atoms with E-state index in [0.717, 1.165) is 5.56 Å². The van der Waals surface area contributed by atoms with Crippen LogP contribution in [0.1, 0.15) is 12.5 Å². The van der Waals surface area contributed by atoms with Crippen molar-refractivity contribution in [3.8, 4) is 5.75 Å². The Morgan fingerprint density at radius 2 is 2.06 bits per heavy atom. The lowest BCUT2D eigenvalue weighted by Crippen LogP contribution is -2.30. The predicted octanol–water partition coefficient (Wildman–Crippen LogP) is 2.89. The molecular formula is C11H12F3NO2. The van der Waals surface area contributed by atoms with Crippen molar-refractivity contribution in [2.24, 2.45) is 0 Å². The van der Waals surface area contributed by atoms with Crippen molar-refractivity contribution in [2.45, 2.75) is 20.0 Å². The molecule has 1 N–H and O–H groups in total. The zero-order chi connectivity index (χ0) is 13.1. The van der Waals surface area contributed by atoms with Crippen LogP contribution < -0.4 is 10.1 Å². The van der Waals surface area contributed by atoms with Crippen molar-refractivity contribution in [3.63, 3.8) is 0 Å². The van der Waals surface area contributed by atoms with E-state index in [9.17, 15) is 18.0 Å². The number of rotatable bonds is 3. The fourth-order valence-corrected chi connectivity index (χ4v) is 1.20. The molecular weight excluding hydrogens is 235 g/mol. The SMILES string of the molecule is CCOc1cc(C)ccc1NC(=O)C(F)(F)F. The van der Waals surface area contributed by atoms with Gasteiger partial charge in [0.15, 0.2) is 0 Å². The minimum Gasteiger partial charge on any atom is -0.492 e. The topological polar surface area (TPSA) is 38.3 Å². The quantitative estimate of drug-likeness (QED) is 0.891. The third-order valence-corrected chi connectivity index (χ3v) is 1.94. The van der Waals surface area contributed by atoms with Crippen LogP contribution in [0.2, 0.25) is 0 Å². The molecule has 17 heavy (non-hydrogen) atoms. The summed E-state index contributed by atoms with van der Waals surface area (Å²) in [7, 11) is 0. The number of alkyl halides is 3. The van der Waals surface area contributed by atoms with Gasteiger partial charge in [-0.3, -0.25) is 4.79 Å². The van der Waals surface area contributed by atoms with Crippen LogP contribution in [-0.4, -0.2) is 18.7 Å². The van der Waals surface area contributed by atoms with Gasteiger partial charge < -0.3 is 10.1 Å². The molecule has 1 aromatic rings. The highest BCUT2D eigenvalue weighted by molar-refractivity contribution is 5.96. The van der Waals surface area contributed by atoms with Gasteiger partial charge in [0.1, 0.15) is 5.75 Å². The van der Waals surface area contributed by atoms with E-state index < -0.39 is 12.1 Å². The van der Waals surface area contributed by atoms with E-state index in [-0.39, 0.29) is 11.4 Å². The summed E-state index contributed by atoms with van der Waals surface area (Å²) in [5, 5.41) is 1.77. The van der Waals surface area contributed by atoms with Gasteiger partial charge in [0.25, 0.3) is 0 Å². The monoisotopic (exact) mass is 247 g/mol. The largest absolute Gasteiger partial charge is 0.492 e. The van der Waals surface area contributed by atoms with Crippen molar-refractivity contribution in [1.82, 2.24) is 0 Å². The van der Waals surface area contributed by atoms with Crippen LogP contribution in [-0.2, 0) is 4.79 Å². The van der Waals surface area contributed by atoms with E-state index in [1.165, 1.54) is 6.07 Å². The van der Waals surface area contributed by atoms with Crippen LogP contribution in [0.3, 0.4) is 0 Å². The summed E-state index contributed by atoms with van der Waals surface area (Å²) < 4.78 is 41.4. The second kappa shape index (κ2) is 5.07. The molecule has 1 rings (SSSR count). The first-order chi connectivity index (χ1) is 7.84. The van der Waals surface area contributed by atoms with Crippen molar-refractivity contribution < 1.29 is 22.7 Å². The lowest BCUT2D eigenvalue weighted by Gasteiger charge is -2.13. The maximum Gasteiger partial charge on any atom is 0.471 e. The highest BCUT2D eigenvalue weighted by Crippen LogP contribution is 2.27. The maximum atomic E-state index is 12.1. The molecule has 0 aliphatic rings. The van der Waals surface area contributed by atoms with Gasteiger partial charge in [-0.2, -0.15) is 13.2 Å². The Morgan fingerprint density at radius 3 is 2.59 bits per heavy atom. The first-order valence-corrected chi connectivity index (χ1v) is 4.96. The van der Waals surface area contributed by atoms with Gasteiger partial charge in [0.05, 0.1) is 12.3 Å². The van der Waals surface area contributed by atoms with E-state index in [4.69, 9.17) is 4.74 Å². The molecule has 1 aromatic carbocycles. The molecule has 0 spiro atoms. The zero-order valence-corrected chi connectivity index (χ0v) is 9.39. The van der Waals surface area contributed by atoms with Gasteiger partial charge in [-0.05, 0) is 31.5 Å². The first-order valence-electron chi connectivity index (χ1n) is 4.96. The van der Waals surface area contributed by atoms with Crippen LogP contribution in [0, 0.1) is 6.92 Å². The lowest BCUT2D eigenvalue weighted by molar-refractivity contribution is -0.167. The average Bonchev–Trinajstić information content (AvgIpc) is 2.21. The second-order valence-corrected chi connectivity index (χ2v) is 3.38. The third-order valence-electron chi connectivity index (χ3n) is 1.94. The Bertz CT molecular complexity index is 416. The molecule has 0 fully saturated rings. The average molecular weight is 247 g/mol. The molecule has 6 heteroatoms. The Labute approximate surface area is 96.6 Å². The molecule has 0 unspecified atom stereocenters. The van der Waals surface area contributed by atoms with E-state index >= 15 is 0 Å². The smallest absolute Gasteiger partial charge is 0.471 e. The zero-order valence-electron chi connectivity index (χ0n) is 9.39. The van der Waals surface area contributed by atoms with Crippen LogP contribution >= 0.6 is 0 Å². The molecule has 3 nitrogen and oxygen atoms in total. The van der Waals surface area contributed by atoms with Crippen LogP contribution in [0.25, 0.3) is 0 Å². The van der Waals surface area contributed by atoms with Crippen molar-refractivity contribution >= 4 is 11.6 Å². The fraction of sp³-hybridized carbons (Fsp3) is 0.364. The summed E-state index contributed by atoms with van der Waals surface area (Å²) >= 11 is 0. The number of benzene rings is 1. The summed E-state index contributed by atoms with van der Waals surface area (Å²) in [4.78, 5) is 10.8. The van der Waals surface area contributed by atoms with Crippen molar-refractivity contribution in [3.05, 3.63) is 23.8 Å². The van der Waals surface area contributed by atoms with Gasteiger partial charge in [0.2, 0.25) is 0 Å². The second-order valence-electron chi connectivity index (χ2n) is 3.38. The van der Waals surface area contributed by atoms with E-state index in [1.807, 2.05) is 0 Å². The molecule has 0 saturated heterocycles. The van der Waals surface area contributed by atoms with Crippen LogP contribution in [0.15, 0.2) is 18.2 Å². The van der Waals surface area contributed by atoms with Crippen molar-refractivity contribution in [2.75, 3.05) is 11.9 Å². The van der Waals surface area contributed by atoms with Gasteiger partial charge in [-0.15, -0.1) is 0 Å². The van der Waals surface area contributed by atoms with Crippen molar-refractivity contribution in [1.29, 1.82) is 0 Å². The summed E-state index contributed by atoms with van der Waals surface area (Å²) in [5.41, 5.74) is 0.846. The molecule has 0 heterocycles. The van der Waals surface area contributed by atoms with Gasteiger partial charge in [0, 0.05) is 0 Å². The number of hydrogen-bond donors (Lipinski definition) is 1. The van der Waals surface area contributed by atoms with Crippen LogP contribution in [0.4, 0.5) is 18.9 Å². The molecule has 0 aliphatic carbocycles. The Kier molecular flexibility index (Phi) is 3.98. The summed E-state index contributed by atoms with van der Waals surface area (Å²) in [6, 6.07) is 4.54. The minimum absolute atomic E-state index is 0.0137. The number of nitrogens with one attached hydrogen (secondary N) is 1. The highest BCUT2D eigenvalue weighted by Gasteiger charge is 2.39. The number of carbonyl (C=O) groups excluding carboxylic acids is 1. The molecule has 0 radical (unpaired) electrons. The lowest BCUT2D eigenvalue weighted by atomic mass is 10.2. The molecule has 94 valence electrons. The minimum atomic E-state index is -4.91. The summed E-state index contributed by atoms with van der Waals surface area (Å²) in [6.45, 7) is 3.79. The fourth-order valence-electron chi connectivity index (χ4n) is 1.20. The maximum absolute atomic E-state index is 12.1. The number of anilines is 1. The van der Waals surface area contributed by atoms with Gasteiger partial charge >= 0.3 is 12.1 Å². The van der Waals surface area contributed by atoms with Gasteiger partial charge in [-0.1, -0.05) is 6.07 Å². The first kappa shape index (κ1) is 13.3. The number of ether oxygens (including phenoxy) is 1. The van der Waals surface area contributed by atoms with E-state index in [0.29, 0.717) is 6.61 Å². The summed E-state index contributed by atoms with van der Waals surface area (Å²) in [6.07, 6.45) is -4.91. The molecule has 0 atom stereocenters. The summed E-state index contributed by atoms with van der Waals surface area (Å²) in [5.74, 6) is -1.78. The molecule has 0 aromatic heterocycles. The highest BCUT2D eigenvalue weighted by atomic mass is 19.4.